The van der Waals surface area contributed by atoms with Crippen LogP contribution in [0, 0.1) is 0 Å². The molecule has 1 aliphatic heterocycles. The summed E-state index contributed by atoms with van der Waals surface area (Å²) in [7, 11) is 0. The van der Waals surface area contributed by atoms with Gasteiger partial charge in [0, 0.05) is 6.54 Å². The van der Waals surface area contributed by atoms with Gasteiger partial charge < -0.3 is 10.1 Å². The lowest BCUT2D eigenvalue weighted by Crippen LogP contribution is -2.37. The van der Waals surface area contributed by atoms with E-state index in [1.807, 2.05) is 24.3 Å². The molecule has 4 heteroatoms. The number of rotatable bonds is 3. The third-order valence-electron chi connectivity index (χ3n) is 2.81. The zero-order chi connectivity index (χ0) is 11.4. The standard InChI is InChI=1S/C13H17NO2.ClH/c1-10(15)12-6-2-3-7-13(12)16-11-5-4-8-14-9-11;/h2-3,6-7,11,14H,4-5,8-9H2,1H3;1H. The van der Waals surface area contributed by atoms with Crippen molar-refractivity contribution in [2.45, 2.75) is 25.9 Å². The van der Waals surface area contributed by atoms with Crippen molar-refractivity contribution < 1.29 is 9.53 Å². The SMILES string of the molecule is CC(=O)c1ccccc1OC1CCCNC1.Cl. The molecule has 0 aliphatic carbocycles. The number of carbonyl (C=O) groups is 1. The van der Waals surface area contributed by atoms with Crippen LogP contribution in [0.4, 0.5) is 0 Å². The fourth-order valence-corrected chi connectivity index (χ4v) is 1.96. The van der Waals surface area contributed by atoms with Crippen LogP contribution >= 0.6 is 12.4 Å². The summed E-state index contributed by atoms with van der Waals surface area (Å²) in [6.45, 7) is 3.50. The van der Waals surface area contributed by atoms with Crippen LogP contribution in [0.3, 0.4) is 0 Å². The first kappa shape index (κ1) is 14.0. The van der Waals surface area contributed by atoms with Crippen LogP contribution < -0.4 is 10.1 Å². The predicted octanol–water partition coefficient (Wildman–Crippen LogP) is 2.44. The minimum atomic E-state index is 0. The number of ether oxygens (including phenoxy) is 1. The van der Waals surface area contributed by atoms with Gasteiger partial charge in [0.1, 0.15) is 11.9 Å². The van der Waals surface area contributed by atoms with Gasteiger partial charge in [-0.1, -0.05) is 12.1 Å². The second kappa shape index (κ2) is 6.62. The zero-order valence-corrected chi connectivity index (χ0v) is 10.8. The fraction of sp³-hybridized carbons (Fsp3) is 0.462. The number of Topliss-reactive ketones (excluding diaryl/α,β-unsaturated/α-hetero) is 1. The molecular weight excluding hydrogens is 238 g/mol. The fourth-order valence-electron chi connectivity index (χ4n) is 1.96. The van der Waals surface area contributed by atoms with Crippen molar-refractivity contribution in [3.05, 3.63) is 29.8 Å². The van der Waals surface area contributed by atoms with Crippen molar-refractivity contribution in [3.8, 4) is 5.75 Å². The Morgan fingerprint density at radius 3 is 2.82 bits per heavy atom. The van der Waals surface area contributed by atoms with E-state index >= 15 is 0 Å². The first-order valence-electron chi connectivity index (χ1n) is 5.74. The molecule has 94 valence electrons. The number of hydrogen-bond acceptors (Lipinski definition) is 3. The van der Waals surface area contributed by atoms with E-state index in [1.165, 1.54) is 0 Å². The Morgan fingerprint density at radius 1 is 1.41 bits per heavy atom. The largest absolute Gasteiger partial charge is 0.488 e. The summed E-state index contributed by atoms with van der Waals surface area (Å²) in [5.74, 6) is 0.767. The van der Waals surface area contributed by atoms with E-state index in [4.69, 9.17) is 4.74 Å². The topological polar surface area (TPSA) is 38.3 Å². The lowest BCUT2D eigenvalue weighted by molar-refractivity contribution is 0.100. The molecule has 1 aliphatic rings. The van der Waals surface area contributed by atoms with Crippen LogP contribution in [0.1, 0.15) is 30.1 Å². The number of para-hydroxylation sites is 1. The number of benzene rings is 1. The number of ketones is 1. The summed E-state index contributed by atoms with van der Waals surface area (Å²) in [5.41, 5.74) is 0.674. The molecule has 0 spiro atoms. The Labute approximate surface area is 108 Å². The van der Waals surface area contributed by atoms with Crippen molar-refractivity contribution in [2.75, 3.05) is 13.1 Å². The van der Waals surface area contributed by atoms with Gasteiger partial charge in [0.2, 0.25) is 0 Å². The van der Waals surface area contributed by atoms with E-state index in [-0.39, 0.29) is 24.3 Å². The normalized spacial score (nSPS) is 19.2. The minimum Gasteiger partial charge on any atom is -0.488 e. The Balaban J connectivity index is 0.00000144. The quantitative estimate of drug-likeness (QED) is 0.844. The van der Waals surface area contributed by atoms with E-state index in [2.05, 4.69) is 5.32 Å². The Morgan fingerprint density at radius 2 is 2.18 bits per heavy atom. The molecule has 0 bridgehead atoms. The van der Waals surface area contributed by atoms with Gasteiger partial charge in [0.05, 0.1) is 5.56 Å². The molecule has 1 aromatic carbocycles. The van der Waals surface area contributed by atoms with E-state index in [0.717, 1.165) is 25.9 Å². The second-order valence-corrected chi connectivity index (χ2v) is 4.14. The maximum absolute atomic E-state index is 11.4. The summed E-state index contributed by atoms with van der Waals surface area (Å²) in [6, 6.07) is 7.44. The average molecular weight is 256 g/mol. The third-order valence-corrected chi connectivity index (χ3v) is 2.81. The lowest BCUT2D eigenvalue weighted by atomic mass is 10.1. The molecule has 2 rings (SSSR count). The van der Waals surface area contributed by atoms with Gasteiger partial charge >= 0.3 is 0 Å². The summed E-state index contributed by atoms with van der Waals surface area (Å²) in [6.07, 6.45) is 2.38. The highest BCUT2D eigenvalue weighted by Crippen LogP contribution is 2.21. The Kier molecular flexibility index (Phi) is 5.45. The van der Waals surface area contributed by atoms with Crippen LogP contribution in [0.15, 0.2) is 24.3 Å². The molecule has 1 heterocycles. The summed E-state index contributed by atoms with van der Waals surface area (Å²) >= 11 is 0. The van der Waals surface area contributed by atoms with Crippen LogP contribution in [-0.2, 0) is 0 Å². The van der Waals surface area contributed by atoms with Crippen LogP contribution in [0.25, 0.3) is 0 Å². The Bertz CT molecular complexity index is 375. The van der Waals surface area contributed by atoms with Crippen molar-refractivity contribution in [2.24, 2.45) is 0 Å². The molecule has 0 radical (unpaired) electrons. The Hall–Kier alpha value is -1.06. The number of nitrogens with one attached hydrogen (secondary N) is 1. The van der Waals surface area contributed by atoms with Crippen LogP contribution in [0.2, 0.25) is 0 Å². The molecule has 0 amide bonds. The highest BCUT2D eigenvalue weighted by atomic mass is 35.5. The number of hydrogen-bond donors (Lipinski definition) is 1. The van der Waals surface area contributed by atoms with Crippen LogP contribution in [-0.4, -0.2) is 25.0 Å². The maximum Gasteiger partial charge on any atom is 0.163 e. The molecule has 0 aromatic heterocycles. The predicted molar refractivity (Wildman–Crippen MR) is 70.2 cm³/mol. The smallest absolute Gasteiger partial charge is 0.163 e. The molecule has 1 fully saturated rings. The van der Waals surface area contributed by atoms with Gasteiger partial charge in [-0.15, -0.1) is 12.4 Å². The molecule has 1 N–H and O–H groups in total. The van der Waals surface area contributed by atoms with Gasteiger partial charge in [0.25, 0.3) is 0 Å². The number of piperidine rings is 1. The van der Waals surface area contributed by atoms with E-state index in [1.54, 1.807) is 6.92 Å². The minimum absolute atomic E-state index is 0. The van der Waals surface area contributed by atoms with Gasteiger partial charge in [-0.3, -0.25) is 4.79 Å². The van der Waals surface area contributed by atoms with Gasteiger partial charge in [0.15, 0.2) is 5.78 Å². The molecule has 1 aromatic rings. The maximum atomic E-state index is 11.4. The summed E-state index contributed by atoms with van der Waals surface area (Å²) < 4.78 is 5.86. The van der Waals surface area contributed by atoms with Crippen molar-refractivity contribution in [3.63, 3.8) is 0 Å². The molecule has 1 unspecified atom stereocenters. The lowest BCUT2D eigenvalue weighted by Gasteiger charge is -2.24. The van der Waals surface area contributed by atoms with E-state index < -0.39 is 0 Å². The molecule has 3 nitrogen and oxygen atoms in total. The van der Waals surface area contributed by atoms with Crippen molar-refractivity contribution >= 4 is 18.2 Å². The molecule has 0 saturated carbocycles. The monoisotopic (exact) mass is 255 g/mol. The van der Waals surface area contributed by atoms with Gasteiger partial charge in [-0.2, -0.15) is 0 Å². The molecule has 17 heavy (non-hydrogen) atoms. The molecular formula is C13H18ClNO2. The number of halogens is 1. The second-order valence-electron chi connectivity index (χ2n) is 4.14. The van der Waals surface area contributed by atoms with E-state index in [9.17, 15) is 4.79 Å². The zero-order valence-electron chi connectivity index (χ0n) is 9.94. The average Bonchev–Trinajstić information content (AvgIpc) is 2.31. The highest BCUT2D eigenvalue weighted by molar-refractivity contribution is 5.96. The molecule has 1 atom stereocenters. The first-order valence-corrected chi connectivity index (χ1v) is 5.74. The summed E-state index contributed by atoms with van der Waals surface area (Å²) in [5, 5.41) is 3.29. The van der Waals surface area contributed by atoms with Gasteiger partial charge in [-0.25, -0.2) is 0 Å². The summed E-state index contributed by atoms with van der Waals surface area (Å²) in [4.78, 5) is 11.4. The first-order chi connectivity index (χ1) is 7.77. The van der Waals surface area contributed by atoms with E-state index in [0.29, 0.717) is 11.3 Å². The molecule has 1 saturated heterocycles. The van der Waals surface area contributed by atoms with Crippen molar-refractivity contribution in [1.82, 2.24) is 5.32 Å². The van der Waals surface area contributed by atoms with Crippen LogP contribution in [0.5, 0.6) is 5.75 Å². The number of carbonyl (C=O) groups excluding carboxylic acids is 1. The highest BCUT2D eigenvalue weighted by Gasteiger charge is 2.16. The third kappa shape index (κ3) is 3.72. The van der Waals surface area contributed by atoms with Gasteiger partial charge in [-0.05, 0) is 38.4 Å². The van der Waals surface area contributed by atoms with Crippen molar-refractivity contribution in [1.29, 1.82) is 0 Å².